The second kappa shape index (κ2) is 6.76. The summed E-state index contributed by atoms with van der Waals surface area (Å²) in [6.07, 6.45) is 0.170. The molecule has 132 valence electrons. The molecule has 0 saturated heterocycles. The summed E-state index contributed by atoms with van der Waals surface area (Å²) in [6.45, 7) is -3.07. The van der Waals surface area contributed by atoms with Gasteiger partial charge in [-0.05, 0) is 43.2 Å². The molecule has 0 aliphatic heterocycles. The van der Waals surface area contributed by atoms with Gasteiger partial charge < -0.3 is 14.3 Å². The van der Waals surface area contributed by atoms with Gasteiger partial charge in [0.2, 0.25) is 0 Å². The van der Waals surface area contributed by atoms with Crippen LogP contribution < -0.4 is 4.74 Å². The molecule has 7 heteroatoms. The Balaban J connectivity index is 1.80. The molecule has 26 heavy (non-hydrogen) atoms. The number of ether oxygens (including phenoxy) is 1. The second-order valence-electron chi connectivity index (χ2n) is 5.06. The number of fused-ring (bicyclic) bond motifs is 1. The van der Waals surface area contributed by atoms with E-state index in [4.69, 9.17) is 21.2 Å². The van der Waals surface area contributed by atoms with Crippen LogP contribution in [0.1, 0.15) is 27.7 Å². The third-order valence-electron chi connectivity index (χ3n) is 3.49. The van der Waals surface area contributed by atoms with Crippen molar-refractivity contribution in [3.63, 3.8) is 0 Å². The average molecular weight is 379 g/mol. The minimum atomic E-state index is -3.07. The lowest BCUT2D eigenvalue weighted by Gasteiger charge is -2.08. The van der Waals surface area contributed by atoms with Gasteiger partial charge in [0.15, 0.2) is 5.16 Å². The molecular formula is C19H18N4O2S. The molecule has 0 radical (unpaired) electrons. The zero-order chi connectivity index (χ0) is 28.4. The minimum Gasteiger partial charge on any atom is -0.496 e. The maximum atomic E-state index is 13.4. The highest BCUT2D eigenvalue weighted by molar-refractivity contribution is 7.84. The fourth-order valence-corrected chi connectivity index (χ4v) is 3.08. The third-order valence-corrected chi connectivity index (χ3v) is 4.41. The van der Waals surface area contributed by atoms with Gasteiger partial charge >= 0.3 is 0 Å². The Kier molecular flexibility index (Phi) is 2.02. The summed E-state index contributed by atoms with van der Waals surface area (Å²) in [4.78, 5) is 10.6. The lowest BCUT2D eigenvalue weighted by Crippen LogP contribution is -2.03. The smallest absolute Gasteiger partial charge is 0.197 e. The van der Waals surface area contributed by atoms with E-state index in [1.807, 2.05) is 0 Å². The molecule has 0 saturated carbocycles. The van der Waals surface area contributed by atoms with Crippen LogP contribution in [0.15, 0.2) is 60.0 Å². The topological polar surface area (TPSA) is 72.8 Å². The van der Waals surface area contributed by atoms with Gasteiger partial charge in [0, 0.05) is 36.6 Å². The number of H-pyrrole nitrogens is 1. The predicted octanol–water partition coefficient (Wildman–Crippen LogP) is 3.37. The van der Waals surface area contributed by atoms with Crippen molar-refractivity contribution in [3.05, 3.63) is 66.2 Å². The maximum absolute atomic E-state index is 13.4. The van der Waals surface area contributed by atoms with E-state index in [2.05, 4.69) is 15.0 Å². The standard InChI is InChI=1S/C19H18N4O2S/c1-13-17(20-8-7-18(13)25-2)12-26(24)19-21-15-6-5-14(11-16(15)22-19)23-9-3-4-10-23/h3-11H,12H2,1-2H3,(H,21,22)/i1D3,2D3,3D,4D,9D,10D,12D2. The van der Waals surface area contributed by atoms with E-state index >= 15 is 0 Å². The van der Waals surface area contributed by atoms with Crippen molar-refractivity contribution in [2.45, 2.75) is 17.7 Å². The average Bonchev–Trinajstić information content (AvgIpc) is 3.31. The normalized spacial score (nSPS) is 20.6. The Bertz CT molecular complexity index is 1550. The molecule has 1 unspecified atom stereocenters. The summed E-state index contributed by atoms with van der Waals surface area (Å²) in [7, 11) is -5.74. The lowest BCUT2D eigenvalue weighted by atomic mass is 10.2. The van der Waals surface area contributed by atoms with Gasteiger partial charge in [-0.2, -0.15) is 0 Å². The molecule has 1 atom stereocenters. The molecule has 0 fully saturated rings. The molecule has 0 spiro atoms. The molecule has 1 N–H and O–H groups in total. The first-order valence-corrected chi connectivity index (χ1v) is 8.34. The minimum absolute atomic E-state index is 0.218. The molecule has 0 amide bonds. The van der Waals surface area contributed by atoms with Crippen LogP contribution in [0.3, 0.4) is 0 Å². The Morgan fingerprint density at radius 1 is 1.38 bits per heavy atom. The van der Waals surface area contributed by atoms with E-state index < -0.39 is 64.6 Å². The van der Waals surface area contributed by atoms with Crippen molar-refractivity contribution in [2.75, 3.05) is 7.04 Å². The molecule has 1 aromatic carbocycles. The van der Waals surface area contributed by atoms with Crippen LogP contribution >= 0.6 is 0 Å². The van der Waals surface area contributed by atoms with Crippen LogP contribution in [0.4, 0.5) is 0 Å². The third kappa shape index (κ3) is 3.01. The maximum Gasteiger partial charge on any atom is 0.197 e. The molecule has 0 aliphatic carbocycles. The van der Waals surface area contributed by atoms with Crippen molar-refractivity contribution in [1.29, 1.82) is 0 Å². The van der Waals surface area contributed by atoms with Gasteiger partial charge in [-0.1, -0.05) is 0 Å². The zero-order valence-corrected chi connectivity index (χ0v) is 13.8. The first kappa shape index (κ1) is 7.75. The van der Waals surface area contributed by atoms with E-state index in [-0.39, 0.29) is 29.1 Å². The van der Waals surface area contributed by atoms with Crippen LogP contribution in [0.5, 0.6) is 5.75 Å². The van der Waals surface area contributed by atoms with E-state index in [0.717, 1.165) is 16.8 Å². The number of hydrogen-bond donors (Lipinski definition) is 1. The van der Waals surface area contributed by atoms with Gasteiger partial charge in [0.25, 0.3) is 0 Å². The van der Waals surface area contributed by atoms with Gasteiger partial charge in [0.05, 0.1) is 49.9 Å². The van der Waals surface area contributed by atoms with Crippen molar-refractivity contribution in [3.8, 4) is 11.4 Å². The number of aromatic amines is 1. The number of benzene rings is 1. The SMILES string of the molecule is [2H]c1c([2H])c([2H])n(-c2ccc3nc(S(=O)C([2H])([2H])c4nccc(OC([2H])([2H])[2H])c4C([2H])([2H])[2H])[nH]c3c2)c1[2H]. The van der Waals surface area contributed by atoms with Crippen molar-refractivity contribution < 1.29 is 25.4 Å². The monoisotopic (exact) mass is 378 g/mol. The highest BCUT2D eigenvalue weighted by Gasteiger charge is 2.15. The zero-order valence-electron chi connectivity index (χ0n) is 25.0. The molecule has 4 rings (SSSR count). The summed E-state index contributed by atoms with van der Waals surface area (Å²) in [5.74, 6) is -0.656. The Morgan fingerprint density at radius 2 is 2.27 bits per heavy atom. The van der Waals surface area contributed by atoms with Gasteiger partial charge in [-0.25, -0.2) is 4.98 Å². The molecule has 4 aromatic rings. The fraction of sp³-hybridized carbons (Fsp3) is 0.158. The largest absolute Gasteiger partial charge is 0.496 e. The van der Waals surface area contributed by atoms with Gasteiger partial charge in [-0.15, -0.1) is 0 Å². The van der Waals surface area contributed by atoms with Gasteiger partial charge in [0.1, 0.15) is 5.75 Å². The highest BCUT2D eigenvalue weighted by Crippen LogP contribution is 2.22. The lowest BCUT2D eigenvalue weighted by molar-refractivity contribution is 0.410. The number of nitrogens with zero attached hydrogens (tertiary/aromatic N) is 3. The number of nitrogens with one attached hydrogen (secondary N) is 1. The first-order valence-electron chi connectivity index (χ1n) is 13.2. The van der Waals surface area contributed by atoms with Gasteiger partial charge in [-0.3, -0.25) is 9.19 Å². The number of pyridine rings is 1. The number of aromatic nitrogens is 4. The number of imidazole rings is 1. The molecule has 6 nitrogen and oxygen atoms in total. The summed E-state index contributed by atoms with van der Waals surface area (Å²) < 4.78 is 113. The Labute approximate surface area is 170 Å². The summed E-state index contributed by atoms with van der Waals surface area (Å²) >= 11 is 0. The summed E-state index contributed by atoms with van der Waals surface area (Å²) in [6, 6.07) is 4.38. The molecular weight excluding hydrogens is 348 g/mol. The predicted molar refractivity (Wildman–Crippen MR) is 101 cm³/mol. The number of rotatable bonds is 5. The number of methoxy groups -OCH3 is 1. The molecule has 3 aromatic heterocycles. The number of hydrogen-bond acceptors (Lipinski definition) is 4. The molecule has 3 heterocycles. The van der Waals surface area contributed by atoms with E-state index in [1.54, 1.807) is 0 Å². The van der Waals surface area contributed by atoms with Crippen molar-refractivity contribution in [2.24, 2.45) is 0 Å². The summed E-state index contributed by atoms with van der Waals surface area (Å²) in [5.41, 5.74) is -3.96. The van der Waals surface area contributed by atoms with E-state index in [9.17, 15) is 4.21 Å². The van der Waals surface area contributed by atoms with Crippen LogP contribution in [0, 0.1) is 6.85 Å². The van der Waals surface area contributed by atoms with Crippen LogP contribution in [0.2, 0.25) is 0 Å². The summed E-state index contributed by atoms with van der Waals surface area (Å²) in [5, 5.41) is -0.394. The first-order chi connectivity index (χ1) is 17.4. The quantitative estimate of drug-likeness (QED) is 0.578. The van der Waals surface area contributed by atoms with Crippen LogP contribution in [-0.4, -0.2) is 30.8 Å². The Morgan fingerprint density at radius 3 is 3.08 bits per heavy atom. The fourth-order valence-electron chi connectivity index (χ4n) is 2.27. The van der Waals surface area contributed by atoms with Crippen molar-refractivity contribution >= 4 is 21.8 Å². The second-order valence-corrected chi connectivity index (χ2v) is 6.19. The Hall–Kier alpha value is -2.93. The molecule has 0 aliphatic rings. The van der Waals surface area contributed by atoms with E-state index in [0.29, 0.717) is 0 Å². The van der Waals surface area contributed by atoms with E-state index in [1.165, 1.54) is 18.2 Å². The van der Waals surface area contributed by atoms with Crippen molar-refractivity contribution in [1.82, 2.24) is 19.5 Å². The highest BCUT2D eigenvalue weighted by atomic mass is 32.2. The molecule has 0 bridgehead atoms. The van der Waals surface area contributed by atoms with Crippen LogP contribution in [0.25, 0.3) is 16.7 Å². The van der Waals surface area contributed by atoms with Crippen LogP contribution in [-0.2, 0) is 16.5 Å².